The quantitative estimate of drug-likeness (QED) is 0.175. The van der Waals surface area contributed by atoms with E-state index < -0.39 is 8.07 Å². The topological polar surface area (TPSA) is 23.0 Å². The summed E-state index contributed by atoms with van der Waals surface area (Å²) < 4.78 is 11.7. The Balaban J connectivity index is 1.32. The normalized spacial score (nSPS) is 12.4. The lowest BCUT2D eigenvalue weighted by atomic mass is 10.00. The van der Waals surface area contributed by atoms with Crippen LogP contribution in [0.4, 0.5) is 0 Å². The maximum Gasteiger partial charge on any atom is 0.143 e. The largest absolute Gasteiger partial charge is 0.456 e. The molecule has 0 aliphatic heterocycles. The maximum absolute atomic E-state index is 6.85. The lowest BCUT2D eigenvalue weighted by Gasteiger charge is -2.16. The van der Waals surface area contributed by atoms with Gasteiger partial charge in [0.1, 0.15) is 11.2 Å². The van der Waals surface area contributed by atoms with E-state index in [2.05, 4.69) is 180 Å². The van der Waals surface area contributed by atoms with Crippen molar-refractivity contribution in [1.29, 1.82) is 0 Å². The summed E-state index contributed by atoms with van der Waals surface area (Å²) in [6, 6.07) is 55.1. The van der Waals surface area contributed by atoms with Crippen LogP contribution >= 0.6 is 0 Å². The van der Waals surface area contributed by atoms with Crippen molar-refractivity contribution in [2.75, 3.05) is 0 Å². The number of benzene rings is 7. The van der Waals surface area contributed by atoms with Crippen LogP contribution in [-0.2, 0) is 0 Å². The standard InChI is InChI=1S/C45H34N2OSi/c1-49(2,3)41-23-13-21-37-36-20-12-19-32(44(36)48-45(37)41)29-24-27-40-38(28-29)35-26-25-34-33-18-10-11-22-39(33)46(30-14-6-4-7-15-30)42(34)43(35)47(40)31-16-8-5-9-17-31/h4-28H,1-3H3. The molecule has 10 aromatic rings. The van der Waals surface area contributed by atoms with Crippen LogP contribution in [0.25, 0.3) is 88.1 Å². The van der Waals surface area contributed by atoms with Gasteiger partial charge in [-0.2, -0.15) is 0 Å². The first kappa shape index (κ1) is 28.2. The molecule has 0 saturated heterocycles. The minimum Gasteiger partial charge on any atom is -0.456 e. The van der Waals surface area contributed by atoms with Gasteiger partial charge in [-0.05, 0) is 53.2 Å². The minimum absolute atomic E-state index is 0.959. The maximum atomic E-state index is 6.85. The van der Waals surface area contributed by atoms with Crippen molar-refractivity contribution < 1.29 is 4.42 Å². The summed E-state index contributed by atoms with van der Waals surface area (Å²) in [5, 5.41) is 8.69. The summed E-state index contributed by atoms with van der Waals surface area (Å²) in [6.07, 6.45) is 0. The van der Waals surface area contributed by atoms with Crippen LogP contribution in [0.5, 0.6) is 0 Å². The highest BCUT2D eigenvalue weighted by molar-refractivity contribution is 6.90. The molecular formula is C45H34N2OSi. The summed E-state index contributed by atoms with van der Waals surface area (Å²) in [6.45, 7) is 7.17. The molecular weight excluding hydrogens is 613 g/mol. The average molecular weight is 647 g/mol. The zero-order valence-electron chi connectivity index (χ0n) is 27.7. The summed E-state index contributed by atoms with van der Waals surface area (Å²) in [5.41, 5.74) is 11.4. The molecule has 10 rings (SSSR count). The average Bonchev–Trinajstić information content (AvgIpc) is 3.79. The fourth-order valence-electron chi connectivity index (χ4n) is 8.05. The first-order chi connectivity index (χ1) is 24.0. The predicted octanol–water partition coefficient (Wildman–Crippen LogP) is 12.0. The summed E-state index contributed by atoms with van der Waals surface area (Å²) in [4.78, 5) is 0. The van der Waals surface area contributed by atoms with Crippen LogP contribution in [0.15, 0.2) is 156 Å². The van der Waals surface area contributed by atoms with Crippen molar-refractivity contribution in [2.24, 2.45) is 0 Å². The molecule has 3 nitrogen and oxygen atoms in total. The van der Waals surface area contributed by atoms with E-state index in [0.717, 1.165) is 33.7 Å². The van der Waals surface area contributed by atoms with E-state index >= 15 is 0 Å². The highest BCUT2D eigenvalue weighted by atomic mass is 28.3. The van der Waals surface area contributed by atoms with Crippen molar-refractivity contribution in [2.45, 2.75) is 19.6 Å². The molecule has 0 unspecified atom stereocenters. The van der Waals surface area contributed by atoms with E-state index in [9.17, 15) is 0 Å². The van der Waals surface area contributed by atoms with Crippen molar-refractivity contribution >= 4 is 78.8 Å². The molecule has 0 bridgehead atoms. The van der Waals surface area contributed by atoms with Gasteiger partial charge in [-0.25, -0.2) is 0 Å². The Morgan fingerprint density at radius 3 is 1.65 bits per heavy atom. The zero-order chi connectivity index (χ0) is 32.9. The van der Waals surface area contributed by atoms with Gasteiger partial charge >= 0.3 is 0 Å². The third kappa shape index (κ3) is 4.08. The number of nitrogens with zero attached hydrogens (tertiary/aromatic N) is 2. The molecule has 0 atom stereocenters. The molecule has 0 fully saturated rings. The molecule has 0 saturated carbocycles. The number of fused-ring (bicyclic) bond motifs is 10. The van der Waals surface area contributed by atoms with E-state index in [1.54, 1.807) is 0 Å². The molecule has 3 heterocycles. The molecule has 0 N–H and O–H groups in total. The van der Waals surface area contributed by atoms with Crippen LogP contribution in [-0.4, -0.2) is 17.2 Å². The van der Waals surface area contributed by atoms with Gasteiger partial charge in [-0.1, -0.05) is 129 Å². The second kappa shape index (κ2) is 10.3. The number of furan rings is 1. The van der Waals surface area contributed by atoms with Gasteiger partial charge in [0.05, 0.1) is 30.1 Å². The Morgan fingerprint density at radius 2 is 0.980 bits per heavy atom. The summed E-state index contributed by atoms with van der Waals surface area (Å²) in [5.74, 6) is 0. The highest BCUT2D eigenvalue weighted by Gasteiger charge is 2.25. The molecule has 49 heavy (non-hydrogen) atoms. The Labute approximate surface area is 285 Å². The first-order valence-electron chi connectivity index (χ1n) is 17.0. The highest BCUT2D eigenvalue weighted by Crippen LogP contribution is 2.43. The van der Waals surface area contributed by atoms with Crippen molar-refractivity contribution in [1.82, 2.24) is 9.13 Å². The van der Waals surface area contributed by atoms with Gasteiger partial charge in [0.25, 0.3) is 0 Å². The molecule has 0 spiro atoms. The monoisotopic (exact) mass is 646 g/mol. The SMILES string of the molecule is C[Si](C)(C)c1cccc2c1oc1c(-c3ccc4c(c3)c3ccc5c6ccccc6n(-c6ccccc6)c5c3n4-c3ccccc3)cccc12. The van der Waals surface area contributed by atoms with Crippen LogP contribution in [0.3, 0.4) is 0 Å². The van der Waals surface area contributed by atoms with Gasteiger partial charge < -0.3 is 13.6 Å². The fraction of sp³-hybridized carbons (Fsp3) is 0.0667. The van der Waals surface area contributed by atoms with Gasteiger partial charge in [-0.3, -0.25) is 0 Å². The van der Waals surface area contributed by atoms with Crippen molar-refractivity contribution in [3.05, 3.63) is 152 Å². The van der Waals surface area contributed by atoms with Gasteiger partial charge in [-0.15, -0.1) is 0 Å². The molecule has 3 aromatic heterocycles. The van der Waals surface area contributed by atoms with Crippen molar-refractivity contribution in [3.63, 3.8) is 0 Å². The Kier molecular flexibility index (Phi) is 5.94. The number of hydrogen-bond donors (Lipinski definition) is 0. The molecule has 4 heteroatoms. The number of para-hydroxylation sites is 5. The zero-order valence-corrected chi connectivity index (χ0v) is 28.7. The van der Waals surface area contributed by atoms with Crippen molar-refractivity contribution in [3.8, 4) is 22.5 Å². The first-order valence-corrected chi connectivity index (χ1v) is 20.5. The predicted molar refractivity (Wildman–Crippen MR) is 211 cm³/mol. The molecule has 234 valence electrons. The van der Waals surface area contributed by atoms with Gasteiger partial charge in [0.2, 0.25) is 0 Å². The lowest BCUT2D eigenvalue weighted by molar-refractivity contribution is 0.672. The summed E-state index contributed by atoms with van der Waals surface area (Å²) in [7, 11) is -1.62. The van der Waals surface area contributed by atoms with E-state index in [0.29, 0.717) is 0 Å². The molecule has 0 radical (unpaired) electrons. The third-order valence-corrected chi connectivity index (χ3v) is 12.2. The van der Waals surface area contributed by atoms with Crippen LogP contribution in [0, 0.1) is 0 Å². The lowest BCUT2D eigenvalue weighted by Crippen LogP contribution is -2.37. The Bertz CT molecular complexity index is 2900. The minimum atomic E-state index is -1.62. The molecule has 7 aromatic carbocycles. The molecule has 0 aliphatic rings. The van der Waals surface area contributed by atoms with Gasteiger partial charge in [0, 0.05) is 49.3 Å². The van der Waals surface area contributed by atoms with Gasteiger partial charge in [0.15, 0.2) is 0 Å². The second-order valence-electron chi connectivity index (χ2n) is 14.2. The van der Waals surface area contributed by atoms with Crippen LogP contribution in [0.2, 0.25) is 19.6 Å². The summed E-state index contributed by atoms with van der Waals surface area (Å²) >= 11 is 0. The third-order valence-electron chi connectivity index (χ3n) is 10.2. The number of rotatable bonds is 4. The van der Waals surface area contributed by atoms with E-state index in [-0.39, 0.29) is 0 Å². The van der Waals surface area contributed by atoms with Crippen LogP contribution < -0.4 is 5.19 Å². The fourth-order valence-corrected chi connectivity index (χ4v) is 9.51. The van der Waals surface area contributed by atoms with Crippen LogP contribution in [0.1, 0.15) is 0 Å². The molecule has 0 aliphatic carbocycles. The van der Waals surface area contributed by atoms with E-state index in [4.69, 9.17) is 4.42 Å². The Morgan fingerprint density at radius 1 is 0.429 bits per heavy atom. The smallest absolute Gasteiger partial charge is 0.143 e. The van der Waals surface area contributed by atoms with E-state index in [1.165, 1.54) is 59.6 Å². The second-order valence-corrected chi connectivity index (χ2v) is 19.2. The van der Waals surface area contributed by atoms with E-state index in [1.807, 2.05) is 0 Å². The number of hydrogen-bond acceptors (Lipinski definition) is 1. The molecule has 0 amide bonds. The Hall–Kier alpha value is -5.84. The number of aromatic nitrogens is 2.